The SMILES string of the molecule is NC(=O)c1cccc2oc(C3CCNC4(CCC4)C3)nc12. The largest absolute Gasteiger partial charge is 0.440 e. The van der Waals surface area contributed by atoms with Gasteiger partial charge in [-0.25, -0.2) is 4.98 Å². The van der Waals surface area contributed by atoms with Crippen molar-refractivity contribution < 1.29 is 9.21 Å². The van der Waals surface area contributed by atoms with Crippen LogP contribution >= 0.6 is 0 Å². The van der Waals surface area contributed by atoms with Crippen LogP contribution in [0.1, 0.15) is 54.3 Å². The summed E-state index contributed by atoms with van der Waals surface area (Å²) in [5.41, 5.74) is 7.41. The standard InChI is InChI=1S/C16H19N3O2/c17-14(20)11-3-1-4-12-13(11)19-15(21-12)10-5-8-18-16(9-10)6-2-7-16/h1,3-4,10,18H,2,5-9H2,(H2,17,20). The third-order valence-electron chi connectivity index (χ3n) is 4.99. The van der Waals surface area contributed by atoms with Crippen LogP contribution in [0.4, 0.5) is 0 Å². The molecule has 5 heteroatoms. The molecule has 1 aliphatic carbocycles. The highest BCUT2D eigenvalue weighted by atomic mass is 16.3. The summed E-state index contributed by atoms with van der Waals surface area (Å²) >= 11 is 0. The highest BCUT2D eigenvalue weighted by Gasteiger charge is 2.42. The van der Waals surface area contributed by atoms with Gasteiger partial charge in [0.05, 0.1) is 5.56 Å². The minimum atomic E-state index is -0.457. The number of nitrogens with one attached hydrogen (secondary N) is 1. The molecule has 2 aromatic rings. The van der Waals surface area contributed by atoms with Gasteiger partial charge in [0.15, 0.2) is 11.5 Å². The number of benzene rings is 1. The summed E-state index contributed by atoms with van der Waals surface area (Å²) in [6.45, 7) is 1.01. The molecule has 1 spiro atoms. The lowest BCUT2D eigenvalue weighted by atomic mass is 9.68. The Morgan fingerprint density at radius 2 is 2.29 bits per heavy atom. The summed E-state index contributed by atoms with van der Waals surface area (Å²) < 4.78 is 5.91. The van der Waals surface area contributed by atoms with Crippen LogP contribution in [0, 0.1) is 0 Å². The van der Waals surface area contributed by atoms with E-state index in [1.165, 1.54) is 19.3 Å². The Morgan fingerprint density at radius 1 is 1.43 bits per heavy atom. The third-order valence-corrected chi connectivity index (χ3v) is 4.99. The first-order chi connectivity index (χ1) is 10.2. The molecular weight excluding hydrogens is 266 g/mol. The van der Waals surface area contributed by atoms with Crippen molar-refractivity contribution in [1.29, 1.82) is 0 Å². The van der Waals surface area contributed by atoms with E-state index in [9.17, 15) is 4.79 Å². The number of rotatable bonds is 2. The number of nitrogens with zero attached hydrogens (tertiary/aromatic N) is 1. The van der Waals surface area contributed by atoms with Crippen molar-refractivity contribution in [3.8, 4) is 0 Å². The number of primary amides is 1. The molecule has 5 nitrogen and oxygen atoms in total. The minimum absolute atomic E-state index is 0.302. The van der Waals surface area contributed by atoms with E-state index in [0.717, 1.165) is 25.3 Å². The molecule has 1 saturated carbocycles. The van der Waals surface area contributed by atoms with Crippen LogP contribution in [0.15, 0.2) is 22.6 Å². The quantitative estimate of drug-likeness (QED) is 0.887. The summed E-state index contributed by atoms with van der Waals surface area (Å²) in [5.74, 6) is 0.632. The zero-order chi connectivity index (χ0) is 14.4. The monoisotopic (exact) mass is 285 g/mol. The lowest BCUT2D eigenvalue weighted by Gasteiger charge is -2.47. The van der Waals surface area contributed by atoms with E-state index in [-0.39, 0.29) is 0 Å². The molecule has 0 radical (unpaired) electrons. The maximum atomic E-state index is 11.5. The van der Waals surface area contributed by atoms with Gasteiger partial charge in [-0.2, -0.15) is 0 Å². The molecule has 2 aliphatic rings. The van der Waals surface area contributed by atoms with Gasteiger partial charge >= 0.3 is 0 Å². The van der Waals surface area contributed by atoms with E-state index in [1.807, 2.05) is 6.07 Å². The fourth-order valence-corrected chi connectivity index (χ4v) is 3.69. The maximum absolute atomic E-state index is 11.5. The van der Waals surface area contributed by atoms with Crippen molar-refractivity contribution in [2.45, 2.75) is 43.6 Å². The number of para-hydroxylation sites is 1. The lowest BCUT2D eigenvalue weighted by molar-refractivity contribution is 0.100. The highest BCUT2D eigenvalue weighted by Crippen LogP contribution is 2.43. The Balaban J connectivity index is 1.70. The molecule has 2 heterocycles. The first-order valence-electron chi connectivity index (χ1n) is 7.61. The van der Waals surface area contributed by atoms with Crippen molar-refractivity contribution in [1.82, 2.24) is 10.3 Å². The van der Waals surface area contributed by atoms with E-state index >= 15 is 0 Å². The van der Waals surface area contributed by atoms with Crippen LogP contribution in [0.2, 0.25) is 0 Å². The zero-order valence-electron chi connectivity index (χ0n) is 11.9. The second-order valence-corrected chi connectivity index (χ2v) is 6.32. The summed E-state index contributed by atoms with van der Waals surface area (Å²) in [7, 11) is 0. The van der Waals surface area contributed by atoms with E-state index in [1.54, 1.807) is 12.1 Å². The number of aromatic nitrogens is 1. The molecule has 1 aromatic heterocycles. The van der Waals surface area contributed by atoms with E-state index < -0.39 is 5.91 Å². The van der Waals surface area contributed by atoms with Crippen LogP contribution in [0.25, 0.3) is 11.1 Å². The Bertz CT molecular complexity index is 703. The number of oxazole rings is 1. The van der Waals surface area contributed by atoms with E-state index in [2.05, 4.69) is 10.3 Å². The van der Waals surface area contributed by atoms with Gasteiger partial charge < -0.3 is 15.5 Å². The minimum Gasteiger partial charge on any atom is -0.440 e. The van der Waals surface area contributed by atoms with E-state index in [4.69, 9.17) is 10.2 Å². The average Bonchev–Trinajstić information content (AvgIpc) is 2.89. The molecule has 1 aliphatic heterocycles. The Labute approximate surface area is 122 Å². The second kappa shape index (κ2) is 4.56. The van der Waals surface area contributed by atoms with Crippen LogP contribution in [-0.2, 0) is 0 Å². The Kier molecular flexibility index (Phi) is 2.79. The van der Waals surface area contributed by atoms with Gasteiger partial charge in [0, 0.05) is 11.5 Å². The lowest BCUT2D eigenvalue weighted by Crippen LogP contribution is -2.55. The van der Waals surface area contributed by atoms with Crippen molar-refractivity contribution in [3.05, 3.63) is 29.7 Å². The zero-order valence-corrected chi connectivity index (χ0v) is 11.9. The molecule has 2 fully saturated rings. The smallest absolute Gasteiger partial charge is 0.251 e. The number of nitrogens with two attached hydrogens (primary N) is 1. The van der Waals surface area contributed by atoms with Crippen LogP contribution in [-0.4, -0.2) is 23.0 Å². The molecule has 1 aromatic carbocycles. The molecule has 1 saturated heterocycles. The number of carbonyl (C=O) groups excluding carboxylic acids is 1. The van der Waals surface area contributed by atoms with Crippen molar-refractivity contribution in [2.24, 2.45) is 5.73 Å². The molecule has 1 amide bonds. The number of hydrogen-bond donors (Lipinski definition) is 2. The summed E-state index contributed by atoms with van der Waals surface area (Å²) in [6, 6.07) is 5.33. The van der Waals surface area contributed by atoms with Gasteiger partial charge in [-0.3, -0.25) is 4.79 Å². The number of amides is 1. The van der Waals surface area contributed by atoms with Crippen molar-refractivity contribution >= 4 is 17.0 Å². The fourth-order valence-electron chi connectivity index (χ4n) is 3.69. The molecule has 110 valence electrons. The number of hydrogen-bond acceptors (Lipinski definition) is 4. The number of carbonyl (C=O) groups is 1. The Morgan fingerprint density at radius 3 is 3.00 bits per heavy atom. The predicted octanol–water partition coefficient (Wildman–Crippen LogP) is 2.32. The fraction of sp³-hybridized carbons (Fsp3) is 0.500. The van der Waals surface area contributed by atoms with Crippen LogP contribution in [0.5, 0.6) is 0 Å². The van der Waals surface area contributed by atoms with Gasteiger partial charge in [-0.1, -0.05) is 6.07 Å². The van der Waals surface area contributed by atoms with Gasteiger partial charge in [0.1, 0.15) is 5.52 Å². The normalized spacial score (nSPS) is 24.1. The molecule has 0 bridgehead atoms. The number of piperidine rings is 1. The molecular formula is C16H19N3O2. The third kappa shape index (κ3) is 2.03. The molecule has 1 unspecified atom stereocenters. The predicted molar refractivity (Wildman–Crippen MR) is 79.1 cm³/mol. The number of fused-ring (bicyclic) bond motifs is 1. The van der Waals surface area contributed by atoms with Gasteiger partial charge in [0.2, 0.25) is 0 Å². The molecule has 21 heavy (non-hydrogen) atoms. The summed E-state index contributed by atoms with van der Waals surface area (Å²) in [6.07, 6.45) is 5.90. The summed E-state index contributed by atoms with van der Waals surface area (Å²) in [5, 5.41) is 3.65. The second-order valence-electron chi connectivity index (χ2n) is 6.32. The van der Waals surface area contributed by atoms with E-state index in [0.29, 0.717) is 28.1 Å². The molecule has 1 atom stereocenters. The molecule has 3 N–H and O–H groups in total. The first-order valence-corrected chi connectivity index (χ1v) is 7.61. The van der Waals surface area contributed by atoms with Gasteiger partial charge in [-0.15, -0.1) is 0 Å². The van der Waals surface area contributed by atoms with Crippen LogP contribution < -0.4 is 11.1 Å². The molecule has 4 rings (SSSR count). The highest BCUT2D eigenvalue weighted by molar-refractivity contribution is 6.03. The van der Waals surface area contributed by atoms with Crippen molar-refractivity contribution in [2.75, 3.05) is 6.54 Å². The van der Waals surface area contributed by atoms with Gasteiger partial charge in [0.25, 0.3) is 5.91 Å². The summed E-state index contributed by atoms with van der Waals surface area (Å²) in [4.78, 5) is 16.1. The topological polar surface area (TPSA) is 81.2 Å². The Hall–Kier alpha value is -1.88. The maximum Gasteiger partial charge on any atom is 0.251 e. The van der Waals surface area contributed by atoms with Crippen molar-refractivity contribution in [3.63, 3.8) is 0 Å². The first kappa shape index (κ1) is 12.8. The average molecular weight is 285 g/mol. The van der Waals surface area contributed by atoms with Gasteiger partial charge in [-0.05, 0) is 50.8 Å². The van der Waals surface area contributed by atoms with Crippen LogP contribution in [0.3, 0.4) is 0 Å².